The Labute approximate surface area is 135 Å². The normalized spacial score (nSPS) is 16.9. The maximum atomic E-state index is 12.7. The summed E-state index contributed by atoms with van der Waals surface area (Å²) in [6.45, 7) is 1.34. The summed E-state index contributed by atoms with van der Waals surface area (Å²) in [5.41, 5.74) is 1.18. The summed E-state index contributed by atoms with van der Waals surface area (Å²) in [5.74, 6) is 0.678. The van der Waals surface area contributed by atoms with Crippen LogP contribution in [0, 0.1) is 17.2 Å². The molecule has 116 valence electrons. The van der Waals surface area contributed by atoms with Crippen LogP contribution in [0.4, 0.5) is 11.5 Å². The van der Waals surface area contributed by atoms with Gasteiger partial charge < -0.3 is 9.80 Å². The zero-order valence-electron chi connectivity index (χ0n) is 12.9. The topological polar surface area (TPSA) is 73.1 Å². The summed E-state index contributed by atoms with van der Waals surface area (Å²) in [5, 5.41) is 8.91. The van der Waals surface area contributed by atoms with Gasteiger partial charge in [0.1, 0.15) is 11.9 Å². The molecule has 1 amide bonds. The number of benzene rings is 1. The zero-order valence-corrected chi connectivity index (χ0v) is 12.9. The SMILES string of the molecule is CN(C(=O)C1CCN(c2cncc(C#N)n2)C1)c1ccccc1. The Hall–Kier alpha value is -2.94. The van der Waals surface area contributed by atoms with Crippen molar-refractivity contribution in [3.8, 4) is 6.07 Å². The van der Waals surface area contributed by atoms with Gasteiger partial charge in [0.15, 0.2) is 5.69 Å². The molecule has 0 spiro atoms. The fourth-order valence-corrected chi connectivity index (χ4v) is 2.78. The van der Waals surface area contributed by atoms with Crippen molar-refractivity contribution in [2.45, 2.75) is 6.42 Å². The van der Waals surface area contributed by atoms with E-state index in [0.717, 1.165) is 18.7 Å². The van der Waals surface area contributed by atoms with E-state index in [2.05, 4.69) is 9.97 Å². The lowest BCUT2D eigenvalue weighted by Gasteiger charge is -2.22. The van der Waals surface area contributed by atoms with Gasteiger partial charge in [-0.05, 0) is 18.6 Å². The van der Waals surface area contributed by atoms with Crippen LogP contribution >= 0.6 is 0 Å². The average molecular weight is 307 g/mol. The van der Waals surface area contributed by atoms with Crippen molar-refractivity contribution in [2.75, 3.05) is 29.9 Å². The van der Waals surface area contributed by atoms with Gasteiger partial charge in [-0.1, -0.05) is 18.2 Å². The van der Waals surface area contributed by atoms with Crippen LogP contribution in [0.2, 0.25) is 0 Å². The number of anilines is 2. The fourth-order valence-electron chi connectivity index (χ4n) is 2.78. The predicted octanol–water partition coefficient (Wildman–Crippen LogP) is 1.84. The molecule has 1 aliphatic rings. The lowest BCUT2D eigenvalue weighted by molar-refractivity contribution is -0.121. The Bertz CT molecular complexity index is 740. The molecule has 0 radical (unpaired) electrons. The summed E-state index contributed by atoms with van der Waals surface area (Å²) in [6, 6.07) is 11.6. The molecule has 1 aliphatic heterocycles. The fraction of sp³-hybridized carbons (Fsp3) is 0.294. The molecule has 2 aromatic rings. The molecular weight excluding hydrogens is 290 g/mol. The van der Waals surface area contributed by atoms with Crippen LogP contribution in [-0.4, -0.2) is 36.0 Å². The number of amides is 1. The molecule has 1 aromatic carbocycles. The van der Waals surface area contributed by atoms with Crippen LogP contribution in [-0.2, 0) is 4.79 Å². The lowest BCUT2D eigenvalue weighted by Crippen LogP contribution is -2.34. The Morgan fingerprint density at radius 3 is 2.87 bits per heavy atom. The van der Waals surface area contributed by atoms with E-state index < -0.39 is 0 Å². The van der Waals surface area contributed by atoms with Gasteiger partial charge in [0.05, 0.1) is 18.3 Å². The lowest BCUT2D eigenvalue weighted by atomic mass is 10.1. The molecular formula is C17H17N5O. The minimum Gasteiger partial charge on any atom is -0.354 e. The summed E-state index contributed by atoms with van der Waals surface area (Å²) >= 11 is 0. The molecule has 6 heteroatoms. The second-order valence-electron chi connectivity index (χ2n) is 5.54. The first-order valence-electron chi connectivity index (χ1n) is 7.49. The van der Waals surface area contributed by atoms with E-state index >= 15 is 0 Å². The highest BCUT2D eigenvalue weighted by molar-refractivity contribution is 5.95. The van der Waals surface area contributed by atoms with E-state index in [1.807, 2.05) is 41.3 Å². The number of carbonyl (C=O) groups is 1. The molecule has 6 nitrogen and oxygen atoms in total. The number of para-hydroxylation sites is 1. The highest BCUT2D eigenvalue weighted by Gasteiger charge is 2.31. The number of aromatic nitrogens is 2. The molecule has 0 saturated carbocycles. The maximum absolute atomic E-state index is 12.7. The predicted molar refractivity (Wildman–Crippen MR) is 86.9 cm³/mol. The van der Waals surface area contributed by atoms with Crippen molar-refractivity contribution in [3.05, 3.63) is 48.4 Å². The zero-order chi connectivity index (χ0) is 16.2. The van der Waals surface area contributed by atoms with E-state index in [4.69, 9.17) is 5.26 Å². The minimum absolute atomic E-state index is 0.0762. The van der Waals surface area contributed by atoms with Crippen LogP contribution in [0.15, 0.2) is 42.7 Å². The molecule has 0 aliphatic carbocycles. The number of carbonyl (C=O) groups excluding carboxylic acids is 1. The first-order chi connectivity index (χ1) is 11.2. The molecule has 1 unspecified atom stereocenters. The van der Waals surface area contributed by atoms with Gasteiger partial charge >= 0.3 is 0 Å². The number of rotatable bonds is 3. The first-order valence-corrected chi connectivity index (χ1v) is 7.49. The van der Waals surface area contributed by atoms with Crippen LogP contribution in [0.25, 0.3) is 0 Å². The molecule has 0 N–H and O–H groups in total. The monoisotopic (exact) mass is 307 g/mol. The summed E-state index contributed by atoms with van der Waals surface area (Å²) in [6.07, 6.45) is 3.84. The molecule has 1 saturated heterocycles. The largest absolute Gasteiger partial charge is 0.354 e. The van der Waals surface area contributed by atoms with E-state index in [9.17, 15) is 4.79 Å². The van der Waals surface area contributed by atoms with Crippen molar-refractivity contribution >= 4 is 17.4 Å². The molecule has 0 bridgehead atoms. The van der Waals surface area contributed by atoms with Crippen LogP contribution in [0.5, 0.6) is 0 Å². The number of nitriles is 1. The van der Waals surface area contributed by atoms with Gasteiger partial charge in [0, 0.05) is 25.8 Å². The molecule has 3 rings (SSSR count). The number of nitrogens with zero attached hydrogens (tertiary/aromatic N) is 5. The standard InChI is InChI=1S/C17H17N5O/c1-21(15-5-3-2-4-6-15)17(23)13-7-8-22(12-13)16-11-19-10-14(9-18)20-16/h2-6,10-11,13H,7-8,12H2,1H3. The van der Waals surface area contributed by atoms with Gasteiger partial charge in [0.2, 0.25) is 5.91 Å². The quantitative estimate of drug-likeness (QED) is 0.865. The number of hydrogen-bond donors (Lipinski definition) is 0. The van der Waals surface area contributed by atoms with Gasteiger partial charge in [0.25, 0.3) is 0 Å². The molecule has 1 fully saturated rings. The van der Waals surface area contributed by atoms with Gasteiger partial charge in [-0.2, -0.15) is 5.26 Å². The number of hydrogen-bond acceptors (Lipinski definition) is 5. The summed E-state index contributed by atoms with van der Waals surface area (Å²) in [7, 11) is 1.80. The Balaban J connectivity index is 1.70. The highest BCUT2D eigenvalue weighted by atomic mass is 16.2. The minimum atomic E-state index is -0.0762. The third-order valence-electron chi connectivity index (χ3n) is 4.07. The highest BCUT2D eigenvalue weighted by Crippen LogP contribution is 2.24. The van der Waals surface area contributed by atoms with Crippen LogP contribution in [0.3, 0.4) is 0 Å². The Morgan fingerprint density at radius 2 is 2.13 bits per heavy atom. The van der Waals surface area contributed by atoms with Crippen LogP contribution in [0.1, 0.15) is 12.1 Å². The first kappa shape index (κ1) is 15.0. The average Bonchev–Trinajstić information content (AvgIpc) is 3.11. The Morgan fingerprint density at radius 1 is 1.35 bits per heavy atom. The van der Waals surface area contributed by atoms with Gasteiger partial charge in [-0.25, -0.2) is 4.98 Å². The van der Waals surface area contributed by atoms with E-state index in [1.54, 1.807) is 18.1 Å². The maximum Gasteiger partial charge on any atom is 0.231 e. The van der Waals surface area contributed by atoms with Crippen molar-refractivity contribution in [1.29, 1.82) is 5.26 Å². The van der Waals surface area contributed by atoms with Crippen molar-refractivity contribution < 1.29 is 4.79 Å². The smallest absolute Gasteiger partial charge is 0.231 e. The molecule has 2 heterocycles. The van der Waals surface area contributed by atoms with E-state index in [0.29, 0.717) is 18.1 Å². The molecule has 1 atom stereocenters. The van der Waals surface area contributed by atoms with Crippen molar-refractivity contribution in [3.63, 3.8) is 0 Å². The second-order valence-corrected chi connectivity index (χ2v) is 5.54. The molecule has 23 heavy (non-hydrogen) atoms. The van der Waals surface area contributed by atoms with Gasteiger partial charge in [-0.3, -0.25) is 9.78 Å². The van der Waals surface area contributed by atoms with Crippen molar-refractivity contribution in [1.82, 2.24) is 9.97 Å². The van der Waals surface area contributed by atoms with Gasteiger partial charge in [-0.15, -0.1) is 0 Å². The molecule has 1 aromatic heterocycles. The van der Waals surface area contributed by atoms with E-state index in [1.165, 1.54) is 6.20 Å². The third kappa shape index (κ3) is 3.14. The summed E-state index contributed by atoms with van der Waals surface area (Å²) < 4.78 is 0. The Kier molecular flexibility index (Phi) is 4.20. The summed E-state index contributed by atoms with van der Waals surface area (Å²) in [4.78, 5) is 24.6. The second kappa shape index (κ2) is 6.44. The van der Waals surface area contributed by atoms with E-state index in [-0.39, 0.29) is 11.8 Å². The van der Waals surface area contributed by atoms with Crippen LogP contribution < -0.4 is 9.80 Å². The van der Waals surface area contributed by atoms with Crippen molar-refractivity contribution in [2.24, 2.45) is 5.92 Å². The third-order valence-corrected chi connectivity index (χ3v) is 4.07.